The highest BCUT2D eigenvalue weighted by Crippen LogP contribution is 2.24. The average Bonchev–Trinajstić information content (AvgIpc) is 2.97. The van der Waals surface area contributed by atoms with Crippen LogP contribution in [0.25, 0.3) is 23.0 Å². The topological polar surface area (TPSA) is 77.8 Å². The van der Waals surface area contributed by atoms with Gasteiger partial charge in [0.25, 0.3) is 5.89 Å². The molecule has 3 aromatic heterocycles. The van der Waals surface area contributed by atoms with Crippen LogP contribution in [0.3, 0.4) is 0 Å². The Hall–Kier alpha value is -2.50. The molecular formula is C12H10N4O2. The number of rotatable bonds is 2. The fourth-order valence-corrected chi connectivity index (χ4v) is 1.66. The number of hydrogen-bond donors (Lipinski definition) is 0. The molecule has 18 heavy (non-hydrogen) atoms. The third-order valence-corrected chi connectivity index (χ3v) is 2.44. The lowest BCUT2D eigenvalue weighted by atomic mass is 10.3. The van der Waals surface area contributed by atoms with Crippen molar-refractivity contribution in [1.82, 2.24) is 20.1 Å². The van der Waals surface area contributed by atoms with Crippen molar-refractivity contribution < 1.29 is 8.94 Å². The maximum Gasteiger partial charge on any atom is 0.295 e. The lowest BCUT2D eigenvalue weighted by Gasteiger charge is -1.89. The summed E-state index contributed by atoms with van der Waals surface area (Å²) in [4.78, 5) is 12.4. The molecule has 0 aliphatic rings. The molecule has 0 saturated carbocycles. The van der Waals surface area contributed by atoms with Gasteiger partial charge in [-0.1, -0.05) is 5.16 Å². The molecule has 0 aliphatic heterocycles. The second-order valence-corrected chi connectivity index (χ2v) is 3.81. The van der Waals surface area contributed by atoms with Crippen LogP contribution in [0, 0.1) is 13.8 Å². The summed E-state index contributed by atoms with van der Waals surface area (Å²) in [6.45, 7) is 3.61. The summed E-state index contributed by atoms with van der Waals surface area (Å²) in [6, 6.07) is 3.68. The van der Waals surface area contributed by atoms with Crippen molar-refractivity contribution in [3.05, 3.63) is 36.1 Å². The van der Waals surface area contributed by atoms with Crippen molar-refractivity contribution in [2.45, 2.75) is 13.8 Å². The Kier molecular flexibility index (Phi) is 2.40. The Morgan fingerprint density at radius 2 is 2.06 bits per heavy atom. The molecule has 0 fully saturated rings. The van der Waals surface area contributed by atoms with E-state index in [0.717, 1.165) is 11.3 Å². The number of pyridine rings is 1. The Labute approximate surface area is 103 Å². The number of nitrogens with zero attached hydrogens (tertiary/aromatic N) is 4. The van der Waals surface area contributed by atoms with E-state index in [9.17, 15) is 0 Å². The fraction of sp³-hybridized carbons (Fsp3) is 0.167. The molecule has 0 aliphatic carbocycles. The van der Waals surface area contributed by atoms with Crippen LogP contribution in [0.4, 0.5) is 0 Å². The van der Waals surface area contributed by atoms with Gasteiger partial charge in [-0.25, -0.2) is 4.98 Å². The van der Waals surface area contributed by atoms with E-state index in [2.05, 4.69) is 20.1 Å². The fourth-order valence-electron chi connectivity index (χ4n) is 1.66. The lowest BCUT2D eigenvalue weighted by molar-refractivity contribution is 0.413. The van der Waals surface area contributed by atoms with Gasteiger partial charge in [0.15, 0.2) is 5.89 Å². The molecular weight excluding hydrogens is 232 g/mol. The standard InChI is InChI=1S/C12H10N4O2/c1-7-10(17-8(2)14-7)12-15-11(16-18-12)9-4-3-5-13-6-9/h3-6H,1-2H3. The van der Waals surface area contributed by atoms with Gasteiger partial charge in [0.1, 0.15) is 0 Å². The van der Waals surface area contributed by atoms with E-state index >= 15 is 0 Å². The van der Waals surface area contributed by atoms with E-state index in [0.29, 0.717) is 23.4 Å². The first-order chi connectivity index (χ1) is 8.74. The largest absolute Gasteiger partial charge is 0.436 e. The molecule has 6 nitrogen and oxygen atoms in total. The van der Waals surface area contributed by atoms with Gasteiger partial charge in [-0.15, -0.1) is 0 Å². The van der Waals surface area contributed by atoms with Gasteiger partial charge in [0, 0.05) is 24.9 Å². The van der Waals surface area contributed by atoms with Crippen molar-refractivity contribution in [2.24, 2.45) is 0 Å². The van der Waals surface area contributed by atoms with Crippen LogP contribution in [-0.2, 0) is 0 Å². The third kappa shape index (κ3) is 1.77. The molecule has 90 valence electrons. The van der Waals surface area contributed by atoms with Gasteiger partial charge < -0.3 is 8.94 Å². The first-order valence-electron chi connectivity index (χ1n) is 5.42. The summed E-state index contributed by atoms with van der Waals surface area (Å²) in [7, 11) is 0. The van der Waals surface area contributed by atoms with E-state index in [4.69, 9.17) is 8.94 Å². The van der Waals surface area contributed by atoms with Crippen LogP contribution in [0.5, 0.6) is 0 Å². The zero-order valence-corrected chi connectivity index (χ0v) is 9.91. The van der Waals surface area contributed by atoms with Crippen molar-refractivity contribution in [3.8, 4) is 23.0 Å². The Bertz CT molecular complexity index is 672. The summed E-state index contributed by atoms with van der Waals surface area (Å²) in [6.07, 6.45) is 3.36. The molecule has 0 aromatic carbocycles. The molecule has 6 heteroatoms. The molecule has 0 bridgehead atoms. The molecule has 3 aromatic rings. The molecule has 0 unspecified atom stereocenters. The van der Waals surface area contributed by atoms with Crippen LogP contribution >= 0.6 is 0 Å². The zero-order chi connectivity index (χ0) is 12.5. The van der Waals surface area contributed by atoms with E-state index in [1.165, 1.54) is 0 Å². The van der Waals surface area contributed by atoms with Crippen molar-refractivity contribution in [2.75, 3.05) is 0 Å². The maximum atomic E-state index is 5.43. The molecule has 0 spiro atoms. The highest BCUT2D eigenvalue weighted by atomic mass is 16.5. The molecule has 0 radical (unpaired) electrons. The monoisotopic (exact) mass is 242 g/mol. The van der Waals surface area contributed by atoms with Gasteiger partial charge in [0.05, 0.1) is 5.69 Å². The minimum atomic E-state index is 0.326. The maximum absolute atomic E-state index is 5.43. The predicted octanol–water partition coefficient (Wildman–Crippen LogP) is 2.40. The zero-order valence-electron chi connectivity index (χ0n) is 9.91. The number of oxazole rings is 1. The van der Waals surface area contributed by atoms with E-state index in [-0.39, 0.29) is 0 Å². The van der Waals surface area contributed by atoms with Crippen LogP contribution in [-0.4, -0.2) is 20.1 Å². The van der Waals surface area contributed by atoms with E-state index in [1.807, 2.05) is 19.1 Å². The van der Waals surface area contributed by atoms with Gasteiger partial charge in [-0.3, -0.25) is 4.98 Å². The minimum absolute atomic E-state index is 0.326. The summed E-state index contributed by atoms with van der Waals surface area (Å²) < 4.78 is 10.6. The molecule has 0 atom stereocenters. The van der Waals surface area contributed by atoms with Gasteiger partial charge >= 0.3 is 0 Å². The predicted molar refractivity (Wildman–Crippen MR) is 62.5 cm³/mol. The molecule has 0 N–H and O–H groups in total. The van der Waals surface area contributed by atoms with Gasteiger partial charge in [0.2, 0.25) is 11.6 Å². The summed E-state index contributed by atoms with van der Waals surface area (Å²) in [5, 5.41) is 3.90. The SMILES string of the molecule is Cc1nc(C)c(-c2nc(-c3cccnc3)no2)o1. The van der Waals surface area contributed by atoms with Crippen LogP contribution in [0.15, 0.2) is 33.5 Å². The Balaban J connectivity index is 2.02. The van der Waals surface area contributed by atoms with Crippen molar-refractivity contribution >= 4 is 0 Å². The van der Waals surface area contributed by atoms with Crippen LogP contribution in [0.1, 0.15) is 11.6 Å². The average molecular weight is 242 g/mol. The summed E-state index contributed by atoms with van der Waals surface area (Å²) >= 11 is 0. The second-order valence-electron chi connectivity index (χ2n) is 3.81. The van der Waals surface area contributed by atoms with Crippen molar-refractivity contribution in [1.29, 1.82) is 0 Å². The second kappa shape index (κ2) is 4.06. The van der Waals surface area contributed by atoms with Crippen molar-refractivity contribution in [3.63, 3.8) is 0 Å². The van der Waals surface area contributed by atoms with Gasteiger partial charge in [-0.2, -0.15) is 4.98 Å². The highest BCUT2D eigenvalue weighted by molar-refractivity contribution is 5.56. The highest BCUT2D eigenvalue weighted by Gasteiger charge is 2.17. The summed E-state index contributed by atoms with van der Waals surface area (Å²) in [5.74, 6) is 1.89. The number of hydrogen-bond acceptors (Lipinski definition) is 6. The quantitative estimate of drug-likeness (QED) is 0.686. The number of aromatic nitrogens is 4. The lowest BCUT2D eigenvalue weighted by Crippen LogP contribution is -1.82. The minimum Gasteiger partial charge on any atom is -0.436 e. The number of aryl methyl sites for hydroxylation is 2. The van der Waals surface area contributed by atoms with E-state index in [1.54, 1.807) is 19.3 Å². The molecule has 3 heterocycles. The van der Waals surface area contributed by atoms with E-state index < -0.39 is 0 Å². The first kappa shape index (κ1) is 10.6. The van der Waals surface area contributed by atoms with Crippen LogP contribution < -0.4 is 0 Å². The molecule has 3 rings (SSSR count). The summed E-state index contributed by atoms with van der Waals surface area (Å²) in [5.41, 5.74) is 1.52. The molecule has 0 saturated heterocycles. The molecule has 0 amide bonds. The smallest absolute Gasteiger partial charge is 0.295 e. The Morgan fingerprint density at radius 1 is 1.17 bits per heavy atom. The Morgan fingerprint density at radius 3 is 2.72 bits per heavy atom. The normalized spacial score (nSPS) is 10.8. The van der Waals surface area contributed by atoms with Gasteiger partial charge in [-0.05, 0) is 19.1 Å². The van der Waals surface area contributed by atoms with Crippen LogP contribution in [0.2, 0.25) is 0 Å². The third-order valence-electron chi connectivity index (χ3n) is 2.44. The first-order valence-corrected chi connectivity index (χ1v) is 5.42.